The molecule has 0 fully saturated rings. The molecule has 57 heavy (non-hydrogen) atoms. The lowest BCUT2D eigenvalue weighted by atomic mass is 9.99. The third-order valence-corrected chi connectivity index (χ3v) is 11.8. The van der Waals surface area contributed by atoms with Crippen molar-refractivity contribution in [3.05, 3.63) is 0 Å². The SMILES string of the molecule is CCCCCCCCCCCCCCCCCCC(=O)O[C@H](COC(=O)CCCCCCCCCCC(C)C)COC(=O)CCCCCCCCCCC(C)CC. The van der Waals surface area contributed by atoms with E-state index >= 15 is 0 Å². The third kappa shape index (κ3) is 43.8. The summed E-state index contributed by atoms with van der Waals surface area (Å²) in [6.45, 7) is 11.3. The van der Waals surface area contributed by atoms with Gasteiger partial charge in [0, 0.05) is 19.3 Å². The number of unbranched alkanes of at least 4 members (excludes halogenated alkanes) is 29. The Balaban J connectivity index is 4.32. The molecule has 0 N–H and O–H groups in total. The number of carbonyl (C=O) groups is 3. The highest BCUT2D eigenvalue weighted by atomic mass is 16.6. The van der Waals surface area contributed by atoms with Crippen LogP contribution in [0.2, 0.25) is 0 Å². The second kappa shape index (κ2) is 44.0. The molecule has 0 aromatic heterocycles. The summed E-state index contributed by atoms with van der Waals surface area (Å²) in [7, 11) is 0. The van der Waals surface area contributed by atoms with Crippen molar-refractivity contribution in [2.24, 2.45) is 11.8 Å². The molecule has 0 spiro atoms. The predicted molar refractivity (Wildman–Crippen MR) is 243 cm³/mol. The van der Waals surface area contributed by atoms with E-state index in [2.05, 4.69) is 34.6 Å². The Morgan fingerprint density at radius 2 is 0.667 bits per heavy atom. The van der Waals surface area contributed by atoms with Crippen molar-refractivity contribution in [3.8, 4) is 0 Å². The predicted octanol–water partition coefficient (Wildman–Crippen LogP) is 16.1. The average molecular weight is 807 g/mol. The lowest BCUT2D eigenvalue weighted by Gasteiger charge is -2.18. The maximum atomic E-state index is 12.8. The van der Waals surface area contributed by atoms with Gasteiger partial charge in [0.2, 0.25) is 0 Å². The van der Waals surface area contributed by atoms with Gasteiger partial charge in [-0.25, -0.2) is 0 Å². The summed E-state index contributed by atoms with van der Waals surface area (Å²) in [5, 5.41) is 0. The van der Waals surface area contributed by atoms with Gasteiger partial charge < -0.3 is 14.2 Å². The number of hydrogen-bond acceptors (Lipinski definition) is 6. The summed E-state index contributed by atoms with van der Waals surface area (Å²) in [5.74, 6) is 0.791. The molecule has 6 heteroatoms. The summed E-state index contributed by atoms with van der Waals surface area (Å²) in [6.07, 6.45) is 43.7. The first kappa shape index (κ1) is 55.4. The van der Waals surface area contributed by atoms with Crippen LogP contribution in [0, 0.1) is 11.8 Å². The van der Waals surface area contributed by atoms with E-state index in [1.807, 2.05) is 0 Å². The first-order valence-electron chi connectivity index (χ1n) is 25.3. The molecule has 0 bridgehead atoms. The summed E-state index contributed by atoms with van der Waals surface area (Å²) < 4.78 is 16.8. The van der Waals surface area contributed by atoms with Crippen molar-refractivity contribution in [3.63, 3.8) is 0 Å². The highest BCUT2D eigenvalue weighted by molar-refractivity contribution is 5.71. The Morgan fingerprint density at radius 1 is 0.368 bits per heavy atom. The van der Waals surface area contributed by atoms with Gasteiger partial charge >= 0.3 is 17.9 Å². The number of carbonyl (C=O) groups excluding carboxylic acids is 3. The van der Waals surface area contributed by atoms with Crippen LogP contribution in [-0.2, 0) is 28.6 Å². The minimum absolute atomic E-state index is 0.0649. The lowest BCUT2D eigenvalue weighted by molar-refractivity contribution is -0.167. The Bertz CT molecular complexity index is 872. The van der Waals surface area contributed by atoms with Crippen molar-refractivity contribution in [1.82, 2.24) is 0 Å². The van der Waals surface area contributed by atoms with Gasteiger partial charge in [-0.1, -0.05) is 240 Å². The Morgan fingerprint density at radius 3 is 1.00 bits per heavy atom. The number of ether oxygens (including phenoxy) is 3. The van der Waals surface area contributed by atoms with Gasteiger partial charge in [0.05, 0.1) is 0 Å². The maximum Gasteiger partial charge on any atom is 0.306 e. The Kier molecular flexibility index (Phi) is 42.7. The molecule has 2 atom stereocenters. The molecule has 338 valence electrons. The molecular formula is C51H98O6. The lowest BCUT2D eigenvalue weighted by Crippen LogP contribution is -2.30. The van der Waals surface area contributed by atoms with E-state index < -0.39 is 6.10 Å². The Hall–Kier alpha value is -1.59. The van der Waals surface area contributed by atoms with Crippen LogP contribution in [0.4, 0.5) is 0 Å². The molecule has 0 aliphatic heterocycles. The normalized spacial score (nSPS) is 12.5. The van der Waals surface area contributed by atoms with Gasteiger partial charge in [0.1, 0.15) is 13.2 Å². The molecule has 1 unspecified atom stereocenters. The zero-order valence-corrected chi connectivity index (χ0v) is 39.0. The zero-order chi connectivity index (χ0) is 41.9. The minimum atomic E-state index is -0.762. The molecule has 6 nitrogen and oxygen atoms in total. The number of esters is 3. The molecule has 0 aromatic carbocycles. The van der Waals surface area contributed by atoms with Crippen LogP contribution in [0.1, 0.15) is 279 Å². The second-order valence-electron chi connectivity index (χ2n) is 18.2. The molecule has 0 heterocycles. The van der Waals surface area contributed by atoms with E-state index in [-0.39, 0.29) is 31.1 Å². The molecular weight excluding hydrogens is 709 g/mol. The largest absolute Gasteiger partial charge is 0.462 e. The van der Waals surface area contributed by atoms with Gasteiger partial charge in [-0.2, -0.15) is 0 Å². The fourth-order valence-electron chi connectivity index (χ4n) is 7.60. The highest BCUT2D eigenvalue weighted by Crippen LogP contribution is 2.17. The fraction of sp³-hybridized carbons (Fsp3) is 0.941. The standard InChI is InChI=1S/C51H98O6/c1-6-8-9-10-11-12-13-14-15-16-17-18-19-28-33-38-43-51(54)57-48(44-55-49(52)41-36-31-26-22-20-24-29-34-39-46(3)4)45-56-50(53)42-37-32-27-23-21-25-30-35-40-47(5)7-2/h46-48H,6-45H2,1-5H3/t47?,48-/m1/s1. The van der Waals surface area contributed by atoms with E-state index in [4.69, 9.17) is 14.2 Å². The number of hydrogen-bond donors (Lipinski definition) is 0. The van der Waals surface area contributed by atoms with Gasteiger partial charge in [0.15, 0.2) is 6.10 Å². The average Bonchev–Trinajstić information content (AvgIpc) is 3.19. The molecule has 0 rings (SSSR count). The first-order chi connectivity index (χ1) is 27.8. The molecule has 0 aliphatic rings. The van der Waals surface area contributed by atoms with Crippen molar-refractivity contribution >= 4 is 17.9 Å². The molecule has 0 amide bonds. The third-order valence-electron chi connectivity index (χ3n) is 11.8. The van der Waals surface area contributed by atoms with E-state index in [0.717, 1.165) is 69.6 Å². The van der Waals surface area contributed by atoms with Crippen LogP contribution in [0.15, 0.2) is 0 Å². The monoisotopic (exact) mass is 807 g/mol. The van der Waals surface area contributed by atoms with Crippen molar-refractivity contribution < 1.29 is 28.6 Å². The summed E-state index contributed by atoms with van der Waals surface area (Å²) >= 11 is 0. The summed E-state index contributed by atoms with van der Waals surface area (Å²) in [4.78, 5) is 37.9. The topological polar surface area (TPSA) is 78.9 Å². The molecule has 0 saturated heterocycles. The second-order valence-corrected chi connectivity index (χ2v) is 18.2. The van der Waals surface area contributed by atoms with Crippen LogP contribution >= 0.6 is 0 Å². The molecule has 0 aliphatic carbocycles. The van der Waals surface area contributed by atoms with Crippen molar-refractivity contribution in [1.29, 1.82) is 0 Å². The minimum Gasteiger partial charge on any atom is -0.462 e. The van der Waals surface area contributed by atoms with E-state index in [9.17, 15) is 14.4 Å². The summed E-state index contributed by atoms with van der Waals surface area (Å²) in [5.41, 5.74) is 0. The molecule has 0 aromatic rings. The number of rotatable bonds is 45. The van der Waals surface area contributed by atoms with Crippen LogP contribution in [0.5, 0.6) is 0 Å². The fourth-order valence-corrected chi connectivity index (χ4v) is 7.60. The van der Waals surface area contributed by atoms with Gasteiger partial charge in [-0.05, 0) is 31.1 Å². The molecule has 0 saturated carbocycles. The Labute approximate surface area is 355 Å². The van der Waals surface area contributed by atoms with Crippen LogP contribution in [0.3, 0.4) is 0 Å². The van der Waals surface area contributed by atoms with Crippen molar-refractivity contribution in [2.45, 2.75) is 285 Å². The van der Waals surface area contributed by atoms with Gasteiger partial charge in [-0.3, -0.25) is 14.4 Å². The first-order valence-corrected chi connectivity index (χ1v) is 25.3. The van der Waals surface area contributed by atoms with Gasteiger partial charge in [0.25, 0.3) is 0 Å². The maximum absolute atomic E-state index is 12.8. The van der Waals surface area contributed by atoms with Gasteiger partial charge in [-0.15, -0.1) is 0 Å². The van der Waals surface area contributed by atoms with E-state index in [1.165, 1.54) is 167 Å². The smallest absolute Gasteiger partial charge is 0.306 e. The summed E-state index contributed by atoms with van der Waals surface area (Å²) in [6, 6.07) is 0. The van der Waals surface area contributed by atoms with E-state index in [0.29, 0.717) is 19.3 Å². The van der Waals surface area contributed by atoms with Crippen LogP contribution in [-0.4, -0.2) is 37.2 Å². The quantitative estimate of drug-likeness (QED) is 0.0346. The highest BCUT2D eigenvalue weighted by Gasteiger charge is 2.19. The van der Waals surface area contributed by atoms with Crippen LogP contribution < -0.4 is 0 Å². The zero-order valence-electron chi connectivity index (χ0n) is 39.0. The van der Waals surface area contributed by atoms with Crippen LogP contribution in [0.25, 0.3) is 0 Å². The van der Waals surface area contributed by atoms with Crippen molar-refractivity contribution in [2.75, 3.05) is 13.2 Å². The van der Waals surface area contributed by atoms with E-state index in [1.54, 1.807) is 0 Å². The molecule has 0 radical (unpaired) electrons.